The van der Waals surface area contributed by atoms with Gasteiger partial charge in [-0.1, -0.05) is 12.1 Å². The first-order valence-electron chi connectivity index (χ1n) is 7.07. The standard InChI is InChI=1S/C16H22FN3O/c1-11-9-20(12(2)10-21-4)16(18-11)19-13(3)14-6-5-7-15(17)8-14/h5-9,12-13H,10H2,1-4H3,(H,18,19). The number of aryl methyl sites for hydroxylation is 1. The van der Waals surface area contributed by atoms with E-state index in [1.165, 1.54) is 12.1 Å². The second kappa shape index (κ2) is 6.72. The molecule has 2 atom stereocenters. The summed E-state index contributed by atoms with van der Waals surface area (Å²) >= 11 is 0. The van der Waals surface area contributed by atoms with Crippen LogP contribution in [0.1, 0.15) is 37.2 Å². The molecule has 0 saturated heterocycles. The minimum atomic E-state index is -0.228. The number of hydrogen-bond acceptors (Lipinski definition) is 3. The van der Waals surface area contributed by atoms with E-state index in [1.807, 2.05) is 26.1 Å². The molecular formula is C16H22FN3O. The Labute approximate surface area is 125 Å². The Morgan fingerprint density at radius 2 is 2.14 bits per heavy atom. The Kier molecular flexibility index (Phi) is 4.96. The molecule has 114 valence electrons. The van der Waals surface area contributed by atoms with Crippen LogP contribution >= 0.6 is 0 Å². The molecule has 5 heteroatoms. The van der Waals surface area contributed by atoms with Crippen LogP contribution in [-0.4, -0.2) is 23.3 Å². The average molecular weight is 291 g/mol. The van der Waals surface area contributed by atoms with Crippen molar-refractivity contribution >= 4 is 5.95 Å². The van der Waals surface area contributed by atoms with Crippen molar-refractivity contribution in [1.29, 1.82) is 0 Å². The van der Waals surface area contributed by atoms with Crippen LogP contribution in [0.25, 0.3) is 0 Å². The number of aromatic nitrogens is 2. The van der Waals surface area contributed by atoms with Crippen LogP contribution in [0, 0.1) is 12.7 Å². The van der Waals surface area contributed by atoms with E-state index < -0.39 is 0 Å². The van der Waals surface area contributed by atoms with Crippen LogP contribution in [0.4, 0.5) is 10.3 Å². The van der Waals surface area contributed by atoms with E-state index in [1.54, 1.807) is 13.2 Å². The number of rotatable bonds is 6. The Hall–Kier alpha value is -1.88. The lowest BCUT2D eigenvalue weighted by Gasteiger charge is -2.19. The summed E-state index contributed by atoms with van der Waals surface area (Å²) in [5, 5.41) is 3.34. The van der Waals surface area contributed by atoms with Gasteiger partial charge in [0.1, 0.15) is 5.82 Å². The first-order valence-corrected chi connectivity index (χ1v) is 7.07. The van der Waals surface area contributed by atoms with E-state index in [0.29, 0.717) is 6.61 Å². The van der Waals surface area contributed by atoms with Gasteiger partial charge in [-0.25, -0.2) is 9.37 Å². The number of nitrogens with zero attached hydrogens (tertiary/aromatic N) is 2. The molecule has 0 radical (unpaired) electrons. The third-order valence-corrected chi connectivity index (χ3v) is 3.43. The molecule has 0 spiro atoms. The lowest BCUT2D eigenvalue weighted by Crippen LogP contribution is -2.16. The predicted molar refractivity (Wildman–Crippen MR) is 82.0 cm³/mol. The second-order valence-electron chi connectivity index (χ2n) is 5.34. The van der Waals surface area contributed by atoms with Crippen molar-refractivity contribution in [2.45, 2.75) is 32.9 Å². The van der Waals surface area contributed by atoms with Crippen LogP contribution in [0.5, 0.6) is 0 Å². The molecule has 0 amide bonds. The Morgan fingerprint density at radius 3 is 2.81 bits per heavy atom. The number of benzene rings is 1. The molecule has 0 aliphatic carbocycles. The maximum atomic E-state index is 13.3. The summed E-state index contributed by atoms with van der Waals surface area (Å²) in [5.41, 5.74) is 1.83. The van der Waals surface area contributed by atoms with Crippen molar-refractivity contribution in [3.63, 3.8) is 0 Å². The van der Waals surface area contributed by atoms with Gasteiger partial charge in [-0.05, 0) is 38.5 Å². The van der Waals surface area contributed by atoms with E-state index in [0.717, 1.165) is 17.2 Å². The molecule has 1 heterocycles. The molecular weight excluding hydrogens is 269 g/mol. The van der Waals surface area contributed by atoms with Crippen LogP contribution in [0.2, 0.25) is 0 Å². The van der Waals surface area contributed by atoms with Gasteiger partial charge in [0, 0.05) is 13.3 Å². The zero-order chi connectivity index (χ0) is 15.4. The van der Waals surface area contributed by atoms with Gasteiger partial charge in [0.2, 0.25) is 5.95 Å². The van der Waals surface area contributed by atoms with Crippen molar-refractivity contribution in [3.8, 4) is 0 Å². The number of halogens is 1. The van der Waals surface area contributed by atoms with Crippen LogP contribution in [-0.2, 0) is 4.74 Å². The summed E-state index contributed by atoms with van der Waals surface area (Å²) in [6.45, 7) is 6.62. The number of hydrogen-bond donors (Lipinski definition) is 1. The topological polar surface area (TPSA) is 39.1 Å². The van der Waals surface area contributed by atoms with Crippen molar-refractivity contribution in [1.82, 2.24) is 9.55 Å². The van der Waals surface area contributed by atoms with Gasteiger partial charge in [0.15, 0.2) is 0 Å². The van der Waals surface area contributed by atoms with Crippen LogP contribution < -0.4 is 5.32 Å². The molecule has 0 aliphatic heterocycles. The molecule has 0 fully saturated rings. The number of nitrogens with one attached hydrogen (secondary N) is 1. The van der Waals surface area contributed by atoms with Gasteiger partial charge in [-0.15, -0.1) is 0 Å². The highest BCUT2D eigenvalue weighted by atomic mass is 19.1. The van der Waals surface area contributed by atoms with E-state index in [4.69, 9.17) is 4.74 Å². The SMILES string of the molecule is COCC(C)n1cc(C)nc1NC(C)c1cccc(F)c1. The van der Waals surface area contributed by atoms with Crippen molar-refractivity contribution in [3.05, 3.63) is 47.5 Å². The first kappa shape index (κ1) is 15.5. The number of methoxy groups -OCH3 is 1. The van der Waals surface area contributed by atoms with Crippen LogP contribution in [0.3, 0.4) is 0 Å². The van der Waals surface area contributed by atoms with Crippen LogP contribution in [0.15, 0.2) is 30.5 Å². The van der Waals surface area contributed by atoms with Gasteiger partial charge in [-0.2, -0.15) is 0 Å². The molecule has 1 aromatic heterocycles. The highest BCUT2D eigenvalue weighted by Crippen LogP contribution is 2.22. The fraction of sp³-hybridized carbons (Fsp3) is 0.438. The summed E-state index contributed by atoms with van der Waals surface area (Å²) in [4.78, 5) is 4.50. The molecule has 2 rings (SSSR count). The lowest BCUT2D eigenvalue weighted by molar-refractivity contribution is 0.163. The quantitative estimate of drug-likeness (QED) is 0.882. The summed E-state index contributed by atoms with van der Waals surface area (Å²) in [7, 11) is 1.68. The third kappa shape index (κ3) is 3.82. The number of anilines is 1. The third-order valence-electron chi connectivity index (χ3n) is 3.43. The van der Waals surface area contributed by atoms with E-state index in [-0.39, 0.29) is 17.9 Å². The van der Waals surface area contributed by atoms with Gasteiger partial charge in [0.05, 0.1) is 24.4 Å². The molecule has 0 aliphatic rings. The molecule has 1 N–H and O–H groups in total. The van der Waals surface area contributed by atoms with E-state index >= 15 is 0 Å². The van der Waals surface area contributed by atoms with Crippen molar-refractivity contribution < 1.29 is 9.13 Å². The number of imidazole rings is 1. The average Bonchev–Trinajstić information content (AvgIpc) is 2.80. The molecule has 4 nitrogen and oxygen atoms in total. The normalized spacial score (nSPS) is 14.0. The summed E-state index contributed by atoms with van der Waals surface area (Å²) in [6, 6.07) is 6.75. The maximum Gasteiger partial charge on any atom is 0.203 e. The second-order valence-corrected chi connectivity index (χ2v) is 5.34. The highest BCUT2D eigenvalue weighted by molar-refractivity contribution is 5.35. The Morgan fingerprint density at radius 1 is 1.38 bits per heavy atom. The maximum absolute atomic E-state index is 13.3. The number of ether oxygens (including phenoxy) is 1. The minimum absolute atomic E-state index is 0.0315. The molecule has 2 aromatic rings. The summed E-state index contributed by atoms with van der Waals surface area (Å²) < 4.78 is 20.6. The van der Waals surface area contributed by atoms with Gasteiger partial charge >= 0.3 is 0 Å². The monoisotopic (exact) mass is 291 g/mol. The van der Waals surface area contributed by atoms with Gasteiger partial charge in [-0.3, -0.25) is 0 Å². The van der Waals surface area contributed by atoms with Gasteiger partial charge < -0.3 is 14.6 Å². The van der Waals surface area contributed by atoms with E-state index in [2.05, 4.69) is 21.8 Å². The summed E-state index contributed by atoms with van der Waals surface area (Å²) in [5.74, 6) is 0.544. The highest BCUT2D eigenvalue weighted by Gasteiger charge is 2.14. The van der Waals surface area contributed by atoms with Gasteiger partial charge in [0.25, 0.3) is 0 Å². The predicted octanol–water partition coefficient (Wildman–Crippen LogP) is 3.71. The van der Waals surface area contributed by atoms with Crippen molar-refractivity contribution in [2.24, 2.45) is 0 Å². The zero-order valence-corrected chi connectivity index (χ0v) is 12.9. The minimum Gasteiger partial charge on any atom is -0.383 e. The molecule has 0 saturated carbocycles. The van der Waals surface area contributed by atoms with E-state index in [9.17, 15) is 4.39 Å². The molecule has 21 heavy (non-hydrogen) atoms. The fourth-order valence-corrected chi connectivity index (χ4v) is 2.33. The Balaban J connectivity index is 2.19. The summed E-state index contributed by atoms with van der Waals surface area (Å²) in [6.07, 6.45) is 1.99. The molecule has 2 unspecified atom stereocenters. The first-order chi connectivity index (χ1) is 10.0. The smallest absolute Gasteiger partial charge is 0.203 e. The Bertz CT molecular complexity index is 597. The van der Waals surface area contributed by atoms with Crippen molar-refractivity contribution in [2.75, 3.05) is 19.0 Å². The molecule has 0 bridgehead atoms. The largest absolute Gasteiger partial charge is 0.383 e. The lowest BCUT2D eigenvalue weighted by atomic mass is 10.1. The molecule has 1 aromatic carbocycles. The fourth-order valence-electron chi connectivity index (χ4n) is 2.33. The zero-order valence-electron chi connectivity index (χ0n) is 12.9.